The van der Waals surface area contributed by atoms with Gasteiger partial charge in [0.1, 0.15) is 43.5 Å². The molecule has 4 aromatic carbocycles. The van der Waals surface area contributed by atoms with Crippen molar-refractivity contribution >= 4 is 45.7 Å². The monoisotopic (exact) mass is 1060 g/mol. The molecule has 16 nitrogen and oxygen atoms in total. The standard InChI is InChI=1S/C56H68F4N8O8/c1-36(2)53-55(72)64-41(32-69)26-39-15-17-43(29-50(39)67(53)4)76-33-38-13-11-37(12-14-38)30-63-52(70)34-75-25-24-74-23-21-62-54(71)40-16-18-48(51(27-40)73-5)61-20-7-8-42-28-44-46(65-47-19-22-66(3)31-45(47)57)9-6-10-49(44)68(42)35-56(58,59)60/h6,9-18,27-29,36,41,45,47,53,61,65,69H,19-26,30-35H2,1-5H3,(H,62,71)(H,63,70)(H,64,72)/t41-,45-,47+,53-/m0/s1. The molecule has 3 heterocycles. The molecule has 2 aliphatic heterocycles. The SMILES string of the molecule is COc1cc(C(=O)NCCOCCOCC(=O)NCc2ccc(COc3ccc4c(c3)N(C)[C@@H](C(C)C)C(=O)N[C@H](CO)C4)cc2)ccc1NCC#Cc1cc2c(N[C@@H]3CCN(C)C[C@@H]3F)cccc2n1CC(F)(F)F. The lowest BCUT2D eigenvalue weighted by atomic mass is 9.95. The number of fused-ring (bicyclic) bond motifs is 2. The van der Waals surface area contributed by atoms with Crippen LogP contribution in [0.15, 0.2) is 84.9 Å². The molecule has 0 aliphatic carbocycles. The average Bonchev–Trinajstić information content (AvgIpc) is 3.74. The van der Waals surface area contributed by atoms with Gasteiger partial charge in [0.05, 0.1) is 69.1 Å². The number of halogens is 4. The van der Waals surface area contributed by atoms with Crippen LogP contribution >= 0.6 is 0 Å². The number of likely N-dealkylation sites (tertiary alicyclic amines) is 1. The van der Waals surface area contributed by atoms with Crippen molar-refractivity contribution < 1.29 is 56.0 Å². The maximum Gasteiger partial charge on any atom is 0.406 e. The van der Waals surface area contributed by atoms with Gasteiger partial charge in [0.25, 0.3) is 5.91 Å². The van der Waals surface area contributed by atoms with E-state index in [1.54, 1.807) is 42.5 Å². The van der Waals surface area contributed by atoms with Crippen LogP contribution in [-0.2, 0) is 45.2 Å². The number of amides is 3. The molecule has 0 unspecified atom stereocenters. The van der Waals surface area contributed by atoms with Gasteiger partial charge in [-0.1, -0.05) is 56.2 Å². The summed E-state index contributed by atoms with van der Waals surface area (Å²) in [5.41, 5.74) is 5.61. The van der Waals surface area contributed by atoms with Crippen LogP contribution in [0.25, 0.3) is 10.9 Å². The van der Waals surface area contributed by atoms with E-state index >= 15 is 0 Å². The van der Waals surface area contributed by atoms with Crippen molar-refractivity contribution in [3.63, 3.8) is 0 Å². The van der Waals surface area contributed by atoms with E-state index in [0.717, 1.165) is 26.9 Å². The molecule has 7 rings (SSSR count). The molecule has 408 valence electrons. The van der Waals surface area contributed by atoms with E-state index in [1.165, 1.54) is 7.11 Å². The Hall–Kier alpha value is -7.05. The van der Waals surface area contributed by atoms with Crippen LogP contribution in [0.3, 0.4) is 0 Å². The van der Waals surface area contributed by atoms with Gasteiger partial charge >= 0.3 is 6.18 Å². The van der Waals surface area contributed by atoms with E-state index in [-0.39, 0.29) is 88.0 Å². The van der Waals surface area contributed by atoms with Gasteiger partial charge in [0.2, 0.25) is 11.8 Å². The third kappa shape index (κ3) is 15.5. The molecule has 6 N–H and O–H groups in total. The number of nitrogens with one attached hydrogen (secondary N) is 5. The first-order valence-electron chi connectivity index (χ1n) is 25.4. The molecular formula is C56H68F4N8O8. The zero-order chi connectivity index (χ0) is 54.4. The highest BCUT2D eigenvalue weighted by molar-refractivity contribution is 5.96. The number of anilines is 3. The summed E-state index contributed by atoms with van der Waals surface area (Å²) in [6.07, 6.45) is -4.58. The first kappa shape index (κ1) is 56.7. The number of rotatable bonds is 22. The van der Waals surface area contributed by atoms with Crippen LogP contribution in [-0.4, -0.2) is 143 Å². The Bertz CT molecular complexity index is 2830. The largest absolute Gasteiger partial charge is 0.495 e. The number of hydrogen-bond acceptors (Lipinski definition) is 12. The van der Waals surface area contributed by atoms with Crippen LogP contribution in [0.1, 0.15) is 53.0 Å². The number of carbonyl (C=O) groups is 3. The van der Waals surface area contributed by atoms with Crippen molar-refractivity contribution in [3.05, 3.63) is 113 Å². The van der Waals surface area contributed by atoms with Gasteiger partial charge in [-0.05, 0) is 90.9 Å². The third-order valence-electron chi connectivity index (χ3n) is 13.3. The van der Waals surface area contributed by atoms with Gasteiger partial charge in [-0.2, -0.15) is 13.2 Å². The van der Waals surface area contributed by atoms with Gasteiger partial charge in [0, 0.05) is 61.6 Å². The third-order valence-corrected chi connectivity index (χ3v) is 13.3. The number of methoxy groups -OCH3 is 1. The second-order valence-electron chi connectivity index (χ2n) is 19.3. The maximum absolute atomic E-state index is 14.9. The van der Waals surface area contributed by atoms with Crippen molar-refractivity contribution in [2.45, 2.75) is 76.9 Å². The summed E-state index contributed by atoms with van der Waals surface area (Å²) in [6, 6.07) is 23.6. The van der Waals surface area contributed by atoms with Gasteiger partial charge in [-0.15, -0.1) is 0 Å². The molecule has 0 bridgehead atoms. The molecule has 1 saturated heterocycles. The Morgan fingerprint density at radius 2 is 1.71 bits per heavy atom. The fourth-order valence-electron chi connectivity index (χ4n) is 9.35. The van der Waals surface area contributed by atoms with Gasteiger partial charge in [0.15, 0.2) is 0 Å². The summed E-state index contributed by atoms with van der Waals surface area (Å²) in [4.78, 5) is 42.3. The van der Waals surface area contributed by atoms with E-state index in [4.69, 9.17) is 18.9 Å². The average molecular weight is 1060 g/mol. The topological polar surface area (TPSA) is 180 Å². The predicted octanol–water partition coefficient (Wildman–Crippen LogP) is 6.28. The quantitative estimate of drug-likeness (QED) is 0.0260. The minimum Gasteiger partial charge on any atom is -0.495 e. The minimum absolute atomic E-state index is 0.0418. The number of nitrogens with zero attached hydrogens (tertiary/aromatic N) is 3. The summed E-state index contributed by atoms with van der Waals surface area (Å²) in [5, 5.41) is 25.3. The van der Waals surface area contributed by atoms with Crippen molar-refractivity contribution in [2.24, 2.45) is 5.92 Å². The Morgan fingerprint density at radius 3 is 2.45 bits per heavy atom. The maximum atomic E-state index is 14.9. The fourth-order valence-corrected chi connectivity index (χ4v) is 9.35. The molecule has 0 spiro atoms. The normalized spacial score (nSPS) is 17.9. The lowest BCUT2D eigenvalue weighted by Crippen LogP contribution is -2.54. The first-order chi connectivity index (χ1) is 36.5. The van der Waals surface area contributed by atoms with Crippen LogP contribution in [0, 0.1) is 17.8 Å². The highest BCUT2D eigenvalue weighted by Crippen LogP contribution is 2.34. The lowest BCUT2D eigenvalue weighted by molar-refractivity contribution is -0.140. The van der Waals surface area contributed by atoms with E-state index in [1.807, 2.05) is 80.2 Å². The molecule has 1 aromatic heterocycles. The number of aromatic nitrogens is 1. The summed E-state index contributed by atoms with van der Waals surface area (Å²) < 4.78 is 80.0. The van der Waals surface area contributed by atoms with E-state index < -0.39 is 31.0 Å². The van der Waals surface area contributed by atoms with Gasteiger partial charge < -0.3 is 65.0 Å². The number of likely N-dealkylation sites (N-methyl/N-ethyl adjacent to an activating group) is 1. The first-order valence-corrected chi connectivity index (χ1v) is 25.4. The number of piperidine rings is 1. The highest BCUT2D eigenvalue weighted by atomic mass is 19.4. The second-order valence-corrected chi connectivity index (χ2v) is 19.3. The number of carbonyl (C=O) groups excluding carboxylic acids is 3. The molecule has 20 heteroatoms. The highest BCUT2D eigenvalue weighted by Gasteiger charge is 2.34. The Morgan fingerprint density at radius 1 is 0.934 bits per heavy atom. The minimum atomic E-state index is -4.51. The number of aliphatic hydroxyl groups excluding tert-OH is 1. The van der Waals surface area contributed by atoms with E-state index in [0.29, 0.717) is 71.9 Å². The number of aliphatic hydroxyl groups is 1. The van der Waals surface area contributed by atoms with Crippen LogP contribution in [0.2, 0.25) is 0 Å². The molecule has 0 radical (unpaired) electrons. The zero-order valence-electron chi connectivity index (χ0n) is 43.5. The van der Waals surface area contributed by atoms with Gasteiger partial charge in [-0.25, -0.2) is 4.39 Å². The molecule has 4 atom stereocenters. The number of ether oxygens (including phenoxy) is 4. The molecule has 76 heavy (non-hydrogen) atoms. The summed E-state index contributed by atoms with van der Waals surface area (Å²) in [7, 11) is 5.20. The summed E-state index contributed by atoms with van der Waals surface area (Å²) >= 11 is 0. The van der Waals surface area contributed by atoms with Crippen molar-refractivity contribution in [1.29, 1.82) is 0 Å². The molecule has 3 amide bonds. The number of hydrogen-bond donors (Lipinski definition) is 6. The molecule has 0 saturated carbocycles. The summed E-state index contributed by atoms with van der Waals surface area (Å²) in [5.74, 6) is 6.07. The van der Waals surface area contributed by atoms with Crippen LogP contribution in [0.5, 0.6) is 11.5 Å². The zero-order valence-corrected chi connectivity index (χ0v) is 43.5. The molecule has 5 aromatic rings. The fraction of sp³-hybridized carbons (Fsp3) is 0.446. The lowest BCUT2D eigenvalue weighted by Gasteiger charge is -2.37. The Kier molecular flexibility index (Phi) is 19.9. The number of benzene rings is 4. The van der Waals surface area contributed by atoms with Crippen molar-refractivity contribution in [2.75, 3.05) is 96.0 Å². The predicted molar refractivity (Wildman–Crippen MR) is 284 cm³/mol. The number of alkyl halides is 4. The second kappa shape index (κ2) is 26.6. The van der Waals surface area contributed by atoms with Crippen LogP contribution < -0.4 is 41.0 Å². The summed E-state index contributed by atoms with van der Waals surface area (Å²) in [6.45, 7) is 4.86. The van der Waals surface area contributed by atoms with E-state index in [9.17, 15) is 37.1 Å². The smallest absolute Gasteiger partial charge is 0.406 e. The Labute approximate surface area is 440 Å². The molecule has 2 aliphatic rings. The van der Waals surface area contributed by atoms with Crippen molar-refractivity contribution in [3.8, 4) is 23.3 Å². The van der Waals surface area contributed by atoms with Crippen molar-refractivity contribution in [1.82, 2.24) is 25.4 Å². The van der Waals surface area contributed by atoms with Crippen LogP contribution in [0.4, 0.5) is 34.6 Å². The van der Waals surface area contributed by atoms with Gasteiger partial charge in [-0.3, -0.25) is 14.4 Å². The Balaban J connectivity index is 0.786. The molecule has 1 fully saturated rings. The molecular weight excluding hydrogens is 989 g/mol. The van der Waals surface area contributed by atoms with E-state index in [2.05, 4.69) is 38.4 Å².